The topological polar surface area (TPSA) is 55.1 Å². The zero-order valence-corrected chi connectivity index (χ0v) is 10.9. The van der Waals surface area contributed by atoms with Gasteiger partial charge in [-0.05, 0) is 36.8 Å². The Kier molecular flexibility index (Phi) is 2.77. The maximum absolute atomic E-state index is 8.92. The van der Waals surface area contributed by atoms with E-state index in [1.165, 1.54) is 0 Å². The third-order valence-corrected chi connectivity index (χ3v) is 3.22. The highest BCUT2D eigenvalue weighted by Gasteiger charge is 2.16. The fourth-order valence-electron chi connectivity index (χ4n) is 2.01. The number of rotatable bonds is 1. The SMILES string of the molecule is Cc1cc(C#N)c(Cl)nc1-c1ccc2c(c1)OCO2. The molecule has 0 saturated carbocycles. The highest BCUT2D eigenvalue weighted by molar-refractivity contribution is 6.30. The summed E-state index contributed by atoms with van der Waals surface area (Å²) in [6, 6.07) is 9.34. The zero-order valence-electron chi connectivity index (χ0n) is 10.1. The smallest absolute Gasteiger partial charge is 0.231 e. The number of aryl methyl sites for hydroxylation is 1. The number of nitrogens with zero attached hydrogens (tertiary/aromatic N) is 2. The molecule has 2 aromatic rings. The first kappa shape index (κ1) is 11.8. The predicted molar refractivity (Wildman–Crippen MR) is 70.3 cm³/mol. The van der Waals surface area contributed by atoms with Crippen molar-refractivity contribution in [1.29, 1.82) is 5.26 Å². The molecule has 94 valence electrons. The molecule has 3 rings (SSSR count). The van der Waals surface area contributed by atoms with Gasteiger partial charge in [-0.25, -0.2) is 4.98 Å². The minimum atomic E-state index is 0.209. The van der Waals surface area contributed by atoms with Crippen molar-refractivity contribution < 1.29 is 9.47 Å². The maximum atomic E-state index is 8.92. The van der Waals surface area contributed by atoms with Crippen molar-refractivity contribution >= 4 is 11.6 Å². The summed E-state index contributed by atoms with van der Waals surface area (Å²) in [5.41, 5.74) is 2.89. The zero-order chi connectivity index (χ0) is 13.4. The molecule has 0 saturated heterocycles. The Morgan fingerprint density at radius 1 is 1.26 bits per heavy atom. The number of pyridine rings is 1. The molecule has 1 aliphatic heterocycles. The van der Waals surface area contributed by atoms with Crippen LogP contribution in [0.4, 0.5) is 0 Å². The Bertz CT molecular complexity index is 707. The summed E-state index contributed by atoms with van der Waals surface area (Å²) in [5.74, 6) is 1.42. The van der Waals surface area contributed by atoms with Crippen LogP contribution in [-0.2, 0) is 0 Å². The van der Waals surface area contributed by atoms with E-state index in [4.69, 9.17) is 26.3 Å². The molecule has 0 bridgehead atoms. The third-order valence-electron chi connectivity index (χ3n) is 2.93. The first-order valence-electron chi connectivity index (χ1n) is 5.66. The monoisotopic (exact) mass is 272 g/mol. The molecular formula is C14H9ClN2O2. The lowest BCUT2D eigenvalue weighted by molar-refractivity contribution is 0.174. The van der Waals surface area contributed by atoms with E-state index in [0.717, 1.165) is 22.6 Å². The molecule has 0 unspecified atom stereocenters. The lowest BCUT2D eigenvalue weighted by Crippen LogP contribution is -1.93. The molecule has 0 radical (unpaired) electrons. The molecule has 0 atom stereocenters. The first-order chi connectivity index (χ1) is 9.19. The summed E-state index contributed by atoms with van der Waals surface area (Å²) in [7, 11) is 0. The maximum Gasteiger partial charge on any atom is 0.231 e. The predicted octanol–water partition coefficient (Wildman–Crippen LogP) is 3.31. The van der Waals surface area contributed by atoms with E-state index in [-0.39, 0.29) is 11.9 Å². The molecule has 1 aromatic heterocycles. The largest absolute Gasteiger partial charge is 0.454 e. The van der Waals surface area contributed by atoms with E-state index >= 15 is 0 Å². The number of ether oxygens (including phenoxy) is 2. The molecule has 0 spiro atoms. The van der Waals surface area contributed by atoms with Crippen LogP contribution in [0.1, 0.15) is 11.1 Å². The van der Waals surface area contributed by atoms with Crippen LogP contribution in [0.15, 0.2) is 24.3 Å². The van der Waals surface area contributed by atoms with E-state index in [0.29, 0.717) is 11.3 Å². The van der Waals surface area contributed by atoms with E-state index < -0.39 is 0 Å². The summed E-state index contributed by atoms with van der Waals surface area (Å²) < 4.78 is 10.6. The minimum Gasteiger partial charge on any atom is -0.454 e. The van der Waals surface area contributed by atoms with Crippen molar-refractivity contribution in [2.75, 3.05) is 6.79 Å². The fourth-order valence-corrected chi connectivity index (χ4v) is 2.19. The summed E-state index contributed by atoms with van der Waals surface area (Å²) in [5, 5.41) is 9.13. The minimum absolute atomic E-state index is 0.209. The van der Waals surface area contributed by atoms with Gasteiger partial charge in [0.2, 0.25) is 6.79 Å². The van der Waals surface area contributed by atoms with Gasteiger partial charge in [-0.3, -0.25) is 0 Å². The molecular weight excluding hydrogens is 264 g/mol. The number of benzene rings is 1. The molecule has 1 aromatic carbocycles. The molecule has 0 N–H and O–H groups in total. The Balaban J connectivity index is 2.12. The van der Waals surface area contributed by atoms with Gasteiger partial charge in [0.15, 0.2) is 11.5 Å². The van der Waals surface area contributed by atoms with Gasteiger partial charge in [-0.2, -0.15) is 5.26 Å². The summed E-state index contributed by atoms with van der Waals surface area (Å²) in [6.07, 6.45) is 0. The van der Waals surface area contributed by atoms with Gasteiger partial charge in [0.05, 0.1) is 11.3 Å². The standard InChI is InChI=1S/C14H9ClN2O2/c1-8-4-10(6-16)14(15)17-13(8)9-2-3-11-12(5-9)19-7-18-11/h2-5H,7H2,1H3. The Hall–Kier alpha value is -2.25. The molecule has 0 aliphatic carbocycles. The van der Waals surface area contributed by atoms with Crippen LogP contribution in [0.2, 0.25) is 5.15 Å². The number of hydrogen-bond donors (Lipinski definition) is 0. The number of aromatic nitrogens is 1. The lowest BCUT2D eigenvalue weighted by Gasteiger charge is -2.07. The first-order valence-corrected chi connectivity index (χ1v) is 6.04. The van der Waals surface area contributed by atoms with Crippen LogP contribution < -0.4 is 9.47 Å². The molecule has 4 nitrogen and oxygen atoms in total. The van der Waals surface area contributed by atoms with Crippen LogP contribution >= 0.6 is 11.6 Å². The van der Waals surface area contributed by atoms with Crippen molar-refractivity contribution in [1.82, 2.24) is 4.98 Å². The number of nitriles is 1. The van der Waals surface area contributed by atoms with Crippen LogP contribution in [0, 0.1) is 18.3 Å². The van der Waals surface area contributed by atoms with Crippen molar-refractivity contribution in [3.63, 3.8) is 0 Å². The van der Waals surface area contributed by atoms with E-state index in [1.807, 2.05) is 31.2 Å². The molecule has 19 heavy (non-hydrogen) atoms. The number of fused-ring (bicyclic) bond motifs is 1. The van der Waals surface area contributed by atoms with Gasteiger partial charge >= 0.3 is 0 Å². The second-order valence-corrected chi connectivity index (χ2v) is 4.53. The van der Waals surface area contributed by atoms with Crippen LogP contribution in [0.25, 0.3) is 11.3 Å². The highest BCUT2D eigenvalue weighted by Crippen LogP contribution is 2.36. The van der Waals surface area contributed by atoms with Crippen LogP contribution in [0.3, 0.4) is 0 Å². The second-order valence-electron chi connectivity index (χ2n) is 4.17. The summed E-state index contributed by atoms with van der Waals surface area (Å²) >= 11 is 5.98. The van der Waals surface area contributed by atoms with E-state index in [9.17, 15) is 0 Å². The molecule has 2 heterocycles. The van der Waals surface area contributed by atoms with Gasteiger partial charge in [-0.15, -0.1) is 0 Å². The van der Waals surface area contributed by atoms with Gasteiger partial charge in [0.25, 0.3) is 0 Å². The Labute approximate surface area is 115 Å². The fraction of sp³-hybridized carbons (Fsp3) is 0.143. The van der Waals surface area contributed by atoms with Gasteiger partial charge < -0.3 is 9.47 Å². The van der Waals surface area contributed by atoms with Gasteiger partial charge in [0, 0.05) is 5.56 Å². The average Bonchev–Trinajstić information content (AvgIpc) is 2.88. The van der Waals surface area contributed by atoms with Crippen LogP contribution in [-0.4, -0.2) is 11.8 Å². The highest BCUT2D eigenvalue weighted by atomic mass is 35.5. The third kappa shape index (κ3) is 1.98. The average molecular weight is 273 g/mol. The molecule has 0 amide bonds. The van der Waals surface area contributed by atoms with Gasteiger partial charge in [0.1, 0.15) is 11.2 Å². The summed E-state index contributed by atoms with van der Waals surface area (Å²) in [4.78, 5) is 4.29. The van der Waals surface area contributed by atoms with E-state index in [1.54, 1.807) is 6.07 Å². The Morgan fingerprint density at radius 2 is 2.05 bits per heavy atom. The Morgan fingerprint density at radius 3 is 2.84 bits per heavy atom. The number of halogens is 1. The lowest BCUT2D eigenvalue weighted by atomic mass is 10.0. The normalized spacial score (nSPS) is 12.3. The van der Waals surface area contributed by atoms with Crippen molar-refractivity contribution in [3.05, 3.63) is 40.5 Å². The molecule has 0 fully saturated rings. The van der Waals surface area contributed by atoms with Crippen molar-refractivity contribution in [2.24, 2.45) is 0 Å². The van der Waals surface area contributed by atoms with Crippen LogP contribution in [0.5, 0.6) is 11.5 Å². The molecule has 5 heteroatoms. The van der Waals surface area contributed by atoms with Crippen molar-refractivity contribution in [3.8, 4) is 28.8 Å². The summed E-state index contributed by atoms with van der Waals surface area (Å²) in [6.45, 7) is 2.13. The van der Waals surface area contributed by atoms with Gasteiger partial charge in [-0.1, -0.05) is 11.6 Å². The quantitative estimate of drug-likeness (QED) is 0.747. The van der Waals surface area contributed by atoms with Crippen molar-refractivity contribution in [2.45, 2.75) is 6.92 Å². The molecule has 1 aliphatic rings. The van der Waals surface area contributed by atoms with E-state index in [2.05, 4.69) is 4.98 Å². The second kappa shape index (κ2) is 4.45. The number of hydrogen-bond acceptors (Lipinski definition) is 4.